The number of hydrogen-bond acceptors (Lipinski definition) is 2. The Labute approximate surface area is 56.8 Å². The third kappa shape index (κ3) is 7.92. The van der Waals surface area contributed by atoms with Gasteiger partial charge in [0.2, 0.25) is 0 Å². The molecule has 0 saturated carbocycles. The lowest BCUT2D eigenvalue weighted by molar-refractivity contribution is -0.0875. The van der Waals surface area contributed by atoms with Crippen LogP contribution in [0.4, 0.5) is 0 Å². The van der Waals surface area contributed by atoms with Crippen LogP contribution in [0, 0.1) is 5.92 Å². The minimum Gasteiger partial charge on any atom is -0.368 e. The van der Waals surface area contributed by atoms with E-state index >= 15 is 0 Å². The highest BCUT2D eigenvalue weighted by Gasteiger charge is 1.96. The number of ether oxygens (including phenoxy) is 1. The van der Waals surface area contributed by atoms with Crippen LogP contribution in [0.3, 0.4) is 0 Å². The first kappa shape index (κ1) is 8.92. The summed E-state index contributed by atoms with van der Waals surface area (Å²) in [5.74, 6) is 0.656. The SMILES string of the molecule is CC(C)CCOC(C)O. The second kappa shape index (κ2) is 4.77. The molecule has 0 spiro atoms. The van der Waals surface area contributed by atoms with E-state index in [9.17, 15) is 0 Å². The molecule has 0 aromatic heterocycles. The Morgan fingerprint density at radius 3 is 2.22 bits per heavy atom. The molecule has 0 bridgehead atoms. The average molecular weight is 132 g/mol. The fraction of sp³-hybridized carbons (Fsp3) is 1.00. The highest BCUT2D eigenvalue weighted by Crippen LogP contribution is 1.99. The number of rotatable bonds is 4. The van der Waals surface area contributed by atoms with Crippen LogP contribution in [0.1, 0.15) is 27.2 Å². The van der Waals surface area contributed by atoms with Crippen LogP contribution in [-0.4, -0.2) is 18.0 Å². The lowest BCUT2D eigenvalue weighted by atomic mass is 10.1. The van der Waals surface area contributed by atoms with Crippen LogP contribution in [0.5, 0.6) is 0 Å². The van der Waals surface area contributed by atoms with Crippen molar-refractivity contribution in [2.45, 2.75) is 33.5 Å². The maximum Gasteiger partial charge on any atom is 0.151 e. The van der Waals surface area contributed by atoms with Crippen LogP contribution < -0.4 is 0 Å². The zero-order valence-electron chi connectivity index (χ0n) is 6.42. The molecule has 0 aliphatic rings. The molecule has 2 heteroatoms. The average Bonchev–Trinajstić information content (AvgIpc) is 1.63. The molecular weight excluding hydrogens is 116 g/mol. The van der Waals surface area contributed by atoms with Crippen molar-refractivity contribution < 1.29 is 9.84 Å². The predicted molar refractivity (Wildman–Crippen MR) is 37.1 cm³/mol. The van der Waals surface area contributed by atoms with E-state index in [1.54, 1.807) is 6.92 Å². The van der Waals surface area contributed by atoms with E-state index in [0.717, 1.165) is 6.42 Å². The molecule has 0 saturated heterocycles. The van der Waals surface area contributed by atoms with Gasteiger partial charge in [-0.15, -0.1) is 0 Å². The third-order valence-electron chi connectivity index (χ3n) is 1.05. The summed E-state index contributed by atoms with van der Waals surface area (Å²) in [7, 11) is 0. The van der Waals surface area contributed by atoms with Gasteiger partial charge in [0.25, 0.3) is 0 Å². The first-order chi connectivity index (χ1) is 4.13. The van der Waals surface area contributed by atoms with Crippen LogP contribution in [0.2, 0.25) is 0 Å². The van der Waals surface area contributed by atoms with E-state index in [0.29, 0.717) is 12.5 Å². The van der Waals surface area contributed by atoms with Crippen LogP contribution in [0.25, 0.3) is 0 Å². The lowest BCUT2D eigenvalue weighted by Crippen LogP contribution is -2.08. The summed E-state index contributed by atoms with van der Waals surface area (Å²) in [6, 6.07) is 0. The van der Waals surface area contributed by atoms with Crippen molar-refractivity contribution in [2.75, 3.05) is 6.61 Å². The Balaban J connectivity index is 2.91. The first-order valence-electron chi connectivity index (χ1n) is 3.42. The molecule has 0 heterocycles. The smallest absolute Gasteiger partial charge is 0.151 e. The van der Waals surface area contributed by atoms with Gasteiger partial charge >= 0.3 is 0 Å². The Hall–Kier alpha value is -0.0800. The van der Waals surface area contributed by atoms with Crippen molar-refractivity contribution in [3.05, 3.63) is 0 Å². The minimum atomic E-state index is -0.608. The quantitative estimate of drug-likeness (QED) is 0.586. The normalized spacial score (nSPS) is 14.3. The van der Waals surface area contributed by atoms with Gasteiger partial charge in [0.1, 0.15) is 0 Å². The van der Waals surface area contributed by atoms with Gasteiger partial charge in [-0.1, -0.05) is 13.8 Å². The Kier molecular flexibility index (Phi) is 4.72. The summed E-state index contributed by atoms with van der Waals surface area (Å²) >= 11 is 0. The fourth-order valence-corrected chi connectivity index (χ4v) is 0.474. The molecule has 0 fully saturated rings. The molecule has 0 aromatic rings. The standard InChI is InChI=1S/C7H16O2/c1-6(2)4-5-9-7(3)8/h6-8H,4-5H2,1-3H3. The van der Waals surface area contributed by atoms with E-state index in [1.165, 1.54) is 0 Å². The summed E-state index contributed by atoms with van der Waals surface area (Å²) in [4.78, 5) is 0. The highest BCUT2D eigenvalue weighted by atomic mass is 16.6. The highest BCUT2D eigenvalue weighted by molar-refractivity contribution is 4.42. The van der Waals surface area contributed by atoms with Gasteiger partial charge in [0.05, 0.1) is 0 Å². The molecule has 0 aliphatic carbocycles. The maximum atomic E-state index is 8.64. The van der Waals surface area contributed by atoms with E-state index in [-0.39, 0.29) is 0 Å². The van der Waals surface area contributed by atoms with Crippen LogP contribution in [-0.2, 0) is 4.74 Å². The van der Waals surface area contributed by atoms with Crippen LogP contribution in [0.15, 0.2) is 0 Å². The summed E-state index contributed by atoms with van der Waals surface area (Å²) in [5.41, 5.74) is 0. The van der Waals surface area contributed by atoms with Crippen molar-refractivity contribution in [3.63, 3.8) is 0 Å². The summed E-state index contributed by atoms with van der Waals surface area (Å²) in [6.07, 6.45) is 0.411. The fourth-order valence-electron chi connectivity index (χ4n) is 0.474. The monoisotopic (exact) mass is 132 g/mol. The predicted octanol–water partition coefficient (Wildman–Crippen LogP) is 1.39. The second-order valence-electron chi connectivity index (χ2n) is 2.65. The van der Waals surface area contributed by atoms with Gasteiger partial charge in [-0.05, 0) is 19.3 Å². The van der Waals surface area contributed by atoms with Crippen molar-refractivity contribution in [2.24, 2.45) is 5.92 Å². The molecule has 0 aliphatic heterocycles. The van der Waals surface area contributed by atoms with Crippen molar-refractivity contribution >= 4 is 0 Å². The number of aliphatic hydroxyl groups excluding tert-OH is 1. The molecule has 9 heavy (non-hydrogen) atoms. The molecule has 56 valence electrons. The Morgan fingerprint density at radius 1 is 1.33 bits per heavy atom. The van der Waals surface area contributed by atoms with Gasteiger partial charge in [-0.25, -0.2) is 0 Å². The zero-order valence-corrected chi connectivity index (χ0v) is 6.42. The number of hydrogen-bond donors (Lipinski definition) is 1. The molecule has 1 atom stereocenters. The minimum absolute atomic E-state index is 0.608. The second-order valence-corrected chi connectivity index (χ2v) is 2.65. The van der Waals surface area contributed by atoms with Crippen molar-refractivity contribution in [1.82, 2.24) is 0 Å². The molecular formula is C7H16O2. The van der Waals surface area contributed by atoms with E-state index < -0.39 is 6.29 Å². The van der Waals surface area contributed by atoms with E-state index in [2.05, 4.69) is 13.8 Å². The van der Waals surface area contributed by atoms with Gasteiger partial charge in [-0.2, -0.15) is 0 Å². The van der Waals surface area contributed by atoms with Crippen molar-refractivity contribution in [1.29, 1.82) is 0 Å². The summed E-state index contributed by atoms with van der Waals surface area (Å²) in [6.45, 7) is 6.55. The Bertz CT molecular complexity index is 51.9. The molecule has 1 N–H and O–H groups in total. The molecule has 0 rings (SSSR count). The van der Waals surface area contributed by atoms with Crippen LogP contribution >= 0.6 is 0 Å². The summed E-state index contributed by atoms with van der Waals surface area (Å²) in [5, 5.41) is 8.64. The van der Waals surface area contributed by atoms with Gasteiger partial charge < -0.3 is 9.84 Å². The maximum absolute atomic E-state index is 8.64. The first-order valence-corrected chi connectivity index (χ1v) is 3.42. The Morgan fingerprint density at radius 2 is 1.89 bits per heavy atom. The van der Waals surface area contributed by atoms with Gasteiger partial charge in [0, 0.05) is 6.61 Å². The third-order valence-corrected chi connectivity index (χ3v) is 1.05. The van der Waals surface area contributed by atoms with E-state index in [4.69, 9.17) is 9.84 Å². The zero-order chi connectivity index (χ0) is 7.28. The van der Waals surface area contributed by atoms with Gasteiger partial charge in [0.15, 0.2) is 6.29 Å². The molecule has 0 radical (unpaired) electrons. The molecule has 0 aromatic carbocycles. The van der Waals surface area contributed by atoms with Gasteiger partial charge in [-0.3, -0.25) is 0 Å². The molecule has 1 unspecified atom stereocenters. The number of aliphatic hydroxyl groups is 1. The summed E-state index contributed by atoms with van der Waals surface area (Å²) < 4.78 is 4.91. The largest absolute Gasteiger partial charge is 0.368 e. The van der Waals surface area contributed by atoms with Crippen molar-refractivity contribution in [3.8, 4) is 0 Å². The molecule has 0 amide bonds. The lowest BCUT2D eigenvalue weighted by Gasteiger charge is -2.07. The van der Waals surface area contributed by atoms with E-state index in [1.807, 2.05) is 0 Å². The topological polar surface area (TPSA) is 29.5 Å². The molecule has 2 nitrogen and oxygen atoms in total.